The molecule has 0 aromatic rings. The third-order valence-corrected chi connectivity index (χ3v) is 14.8. The summed E-state index contributed by atoms with van der Waals surface area (Å²) in [5.41, 5.74) is 0. The molecule has 0 aliphatic carbocycles. The number of ether oxygens (including phenoxy) is 3. The van der Waals surface area contributed by atoms with Crippen molar-refractivity contribution in [3.8, 4) is 0 Å². The highest BCUT2D eigenvalue weighted by atomic mass is 16.7. The lowest BCUT2D eigenvalue weighted by Crippen LogP contribution is -2.61. The number of carbonyl (C=O) groups is 2. The minimum Gasteiger partial charge on any atom is -0.454 e. The number of allylic oxidation sites excluding steroid dienone is 13. The van der Waals surface area contributed by atoms with Crippen LogP contribution in [-0.2, 0) is 23.8 Å². The lowest BCUT2D eigenvalue weighted by molar-refractivity contribution is -0.305. The standard InChI is InChI=1S/C68H119NO10/c1-4-7-10-13-16-19-22-25-27-28-29-30-31-32-33-34-35-36-37-40-43-46-49-52-55-61(72)67(76)69-59(60(71)54-51-48-45-42-39-24-21-18-15-12-9-6-3)58-77-68-66(65(75)64(74)62(57-70)78-68)79-63(73)56-53-50-47-44-41-38-26-23-20-17-14-11-8-5-2/h7,10,16,19,25,27,29-30,32-33,38,41,51,54,59-62,64-66,68,70-72,74-75H,4-6,8-9,11-15,17-18,20-24,26,28,31,34-37,39-40,42-50,52-53,55-58H2,1-3H3,(H,69,76)/b10-7-,19-16-,27-25-,30-29-,33-32-,41-38-,54-51+. The number of aliphatic hydroxyl groups excluding tert-OH is 5. The fourth-order valence-corrected chi connectivity index (χ4v) is 9.67. The van der Waals surface area contributed by atoms with Gasteiger partial charge in [-0.3, -0.25) is 9.59 Å². The van der Waals surface area contributed by atoms with Crippen LogP contribution in [0.3, 0.4) is 0 Å². The number of nitrogens with one attached hydrogen (secondary N) is 1. The number of hydrogen-bond donors (Lipinski definition) is 6. The first-order chi connectivity index (χ1) is 38.7. The van der Waals surface area contributed by atoms with Crippen LogP contribution in [0.1, 0.15) is 271 Å². The normalized spacial score (nSPS) is 19.4. The smallest absolute Gasteiger partial charge is 0.306 e. The van der Waals surface area contributed by atoms with Crippen LogP contribution >= 0.6 is 0 Å². The second-order valence-electron chi connectivity index (χ2n) is 22.1. The van der Waals surface area contributed by atoms with Crippen LogP contribution in [-0.4, -0.2) is 99.6 Å². The van der Waals surface area contributed by atoms with Crippen molar-refractivity contribution in [1.82, 2.24) is 5.32 Å². The molecule has 11 nitrogen and oxygen atoms in total. The molecule has 1 fully saturated rings. The van der Waals surface area contributed by atoms with Gasteiger partial charge in [-0.25, -0.2) is 0 Å². The van der Waals surface area contributed by atoms with Gasteiger partial charge in [0, 0.05) is 6.42 Å². The topological polar surface area (TPSA) is 175 Å². The zero-order chi connectivity index (χ0) is 57.5. The minimum atomic E-state index is -1.62. The first kappa shape index (κ1) is 73.9. The van der Waals surface area contributed by atoms with E-state index in [1.807, 2.05) is 6.08 Å². The van der Waals surface area contributed by atoms with Gasteiger partial charge in [0.05, 0.1) is 25.4 Å². The number of esters is 1. The summed E-state index contributed by atoms with van der Waals surface area (Å²) in [7, 11) is 0. The summed E-state index contributed by atoms with van der Waals surface area (Å²) in [5, 5.41) is 57.0. The van der Waals surface area contributed by atoms with Crippen molar-refractivity contribution in [2.24, 2.45) is 0 Å². The van der Waals surface area contributed by atoms with Crippen molar-refractivity contribution in [2.45, 2.75) is 320 Å². The van der Waals surface area contributed by atoms with Crippen molar-refractivity contribution in [3.63, 3.8) is 0 Å². The third-order valence-electron chi connectivity index (χ3n) is 14.8. The Morgan fingerprint density at radius 3 is 1.38 bits per heavy atom. The van der Waals surface area contributed by atoms with E-state index in [4.69, 9.17) is 14.2 Å². The Hall–Kier alpha value is -3.16. The van der Waals surface area contributed by atoms with Gasteiger partial charge in [-0.2, -0.15) is 0 Å². The SMILES string of the molecule is CC/C=C\C/C=C\C/C=C\C/C=C\C/C=C\CCCCCCCCCCC(O)C(=O)NC(COC1OC(CO)C(O)C(O)C1OC(=O)CCCCC/C=C\CCCCCCCCC)C(O)/C=C/CCCCCCCCCCCC. The molecule has 79 heavy (non-hydrogen) atoms. The van der Waals surface area contributed by atoms with Crippen LogP contribution in [0.15, 0.2) is 85.1 Å². The van der Waals surface area contributed by atoms with E-state index in [2.05, 4.69) is 99.0 Å². The number of carbonyl (C=O) groups excluding carboxylic acids is 2. The van der Waals surface area contributed by atoms with E-state index in [0.717, 1.165) is 109 Å². The van der Waals surface area contributed by atoms with Crippen molar-refractivity contribution in [1.29, 1.82) is 0 Å². The molecular weight excluding hydrogens is 991 g/mol. The molecule has 1 amide bonds. The third kappa shape index (κ3) is 43.2. The van der Waals surface area contributed by atoms with Crippen LogP contribution in [0, 0.1) is 0 Å². The van der Waals surface area contributed by atoms with Crippen LogP contribution in [0.4, 0.5) is 0 Å². The number of hydrogen-bond acceptors (Lipinski definition) is 10. The lowest BCUT2D eigenvalue weighted by atomic mass is 9.99. The molecule has 8 atom stereocenters. The first-order valence-corrected chi connectivity index (χ1v) is 32.4. The number of rotatable bonds is 54. The summed E-state index contributed by atoms with van der Waals surface area (Å²) < 4.78 is 17.6. The largest absolute Gasteiger partial charge is 0.454 e. The zero-order valence-corrected chi connectivity index (χ0v) is 50.5. The predicted molar refractivity (Wildman–Crippen MR) is 329 cm³/mol. The molecule has 1 aliphatic heterocycles. The Morgan fingerprint density at radius 1 is 0.506 bits per heavy atom. The Bertz CT molecular complexity index is 1610. The average Bonchev–Trinajstić information content (AvgIpc) is 3.46. The lowest BCUT2D eigenvalue weighted by Gasteiger charge is -2.41. The van der Waals surface area contributed by atoms with E-state index in [-0.39, 0.29) is 19.4 Å². The molecule has 1 rings (SSSR count). The summed E-state index contributed by atoms with van der Waals surface area (Å²) in [6.45, 7) is 5.66. The van der Waals surface area contributed by atoms with Crippen molar-refractivity contribution >= 4 is 11.9 Å². The predicted octanol–water partition coefficient (Wildman–Crippen LogP) is 15.7. The summed E-state index contributed by atoms with van der Waals surface area (Å²) in [5.74, 6) is -1.22. The van der Waals surface area contributed by atoms with Crippen molar-refractivity contribution < 1.29 is 49.3 Å². The molecule has 0 spiro atoms. The summed E-state index contributed by atoms with van der Waals surface area (Å²) >= 11 is 0. The van der Waals surface area contributed by atoms with E-state index in [1.165, 1.54) is 116 Å². The van der Waals surface area contributed by atoms with Crippen molar-refractivity contribution in [2.75, 3.05) is 13.2 Å². The van der Waals surface area contributed by atoms with Crippen molar-refractivity contribution in [3.05, 3.63) is 85.1 Å². The maximum atomic E-state index is 13.4. The van der Waals surface area contributed by atoms with E-state index in [1.54, 1.807) is 6.08 Å². The molecule has 0 saturated carbocycles. The summed E-state index contributed by atoms with van der Waals surface area (Å²) in [6.07, 6.45) is 61.9. The van der Waals surface area contributed by atoms with Gasteiger partial charge in [-0.05, 0) is 96.3 Å². The van der Waals surface area contributed by atoms with Gasteiger partial charge in [-0.1, -0.05) is 254 Å². The maximum Gasteiger partial charge on any atom is 0.306 e. The molecule has 6 N–H and O–H groups in total. The molecule has 0 aromatic heterocycles. The Labute approximate surface area is 483 Å². The highest BCUT2D eigenvalue weighted by Gasteiger charge is 2.47. The van der Waals surface area contributed by atoms with Crippen LogP contribution in [0.2, 0.25) is 0 Å². The molecule has 0 aromatic carbocycles. The maximum absolute atomic E-state index is 13.4. The molecule has 1 saturated heterocycles. The van der Waals surface area contributed by atoms with Gasteiger partial charge in [-0.15, -0.1) is 0 Å². The number of unbranched alkanes of at least 4 members (excludes halogenated alkanes) is 28. The van der Waals surface area contributed by atoms with Gasteiger partial charge >= 0.3 is 5.97 Å². The monoisotopic (exact) mass is 1110 g/mol. The van der Waals surface area contributed by atoms with Crippen LogP contribution < -0.4 is 5.32 Å². The number of amides is 1. The van der Waals surface area contributed by atoms with Gasteiger partial charge < -0.3 is 45.1 Å². The average molecular weight is 1110 g/mol. The quantitative estimate of drug-likeness (QED) is 0.0195. The molecule has 456 valence electrons. The molecule has 0 radical (unpaired) electrons. The molecule has 8 unspecified atom stereocenters. The summed E-state index contributed by atoms with van der Waals surface area (Å²) in [4.78, 5) is 26.6. The minimum absolute atomic E-state index is 0.101. The molecule has 11 heteroatoms. The fourth-order valence-electron chi connectivity index (χ4n) is 9.67. The summed E-state index contributed by atoms with van der Waals surface area (Å²) in [6, 6.07) is -1.03. The van der Waals surface area contributed by atoms with E-state index >= 15 is 0 Å². The van der Waals surface area contributed by atoms with E-state index in [9.17, 15) is 35.1 Å². The van der Waals surface area contributed by atoms with E-state index < -0.39 is 67.4 Å². The van der Waals surface area contributed by atoms with Gasteiger partial charge in [0.25, 0.3) is 0 Å². The van der Waals surface area contributed by atoms with Gasteiger partial charge in [0.15, 0.2) is 12.4 Å². The van der Waals surface area contributed by atoms with Gasteiger partial charge in [0.2, 0.25) is 5.91 Å². The zero-order valence-electron chi connectivity index (χ0n) is 50.5. The fraction of sp³-hybridized carbons (Fsp3) is 0.765. The number of aliphatic hydroxyl groups is 5. The Kier molecular flexibility index (Phi) is 51.8. The first-order valence-electron chi connectivity index (χ1n) is 32.4. The Balaban J connectivity index is 2.64. The second-order valence-corrected chi connectivity index (χ2v) is 22.1. The van der Waals surface area contributed by atoms with Crippen LogP contribution in [0.25, 0.3) is 0 Å². The molecule has 1 heterocycles. The van der Waals surface area contributed by atoms with Gasteiger partial charge in [0.1, 0.15) is 24.4 Å². The Morgan fingerprint density at radius 2 is 0.911 bits per heavy atom. The highest BCUT2D eigenvalue weighted by molar-refractivity contribution is 5.80. The molecule has 0 bridgehead atoms. The second kappa shape index (κ2) is 55.4. The van der Waals surface area contributed by atoms with E-state index in [0.29, 0.717) is 12.8 Å². The van der Waals surface area contributed by atoms with Crippen LogP contribution in [0.5, 0.6) is 0 Å². The molecular formula is C68H119NO10. The highest BCUT2D eigenvalue weighted by Crippen LogP contribution is 2.26. The molecule has 1 aliphatic rings.